The second kappa shape index (κ2) is 12.2. The standard InChI is InChI=1S/C29H30FNO4.C3H6/c1-29(2)13-5-8-25(29)23-15-20(9-11-22(23)24-16-27(34-3)31-17-26(24)30)18-35-21-7-4-6-19(14-21)10-12-28(32)33;1-2-3-1/h4,6-9,11,14-17H,5,10,12-13,18H2,1-3H3,(H,32,33);1-3H2. The molecule has 2 aromatic carbocycles. The molecule has 1 fully saturated rings. The molecule has 38 heavy (non-hydrogen) atoms. The minimum atomic E-state index is -0.823. The highest BCUT2D eigenvalue weighted by molar-refractivity contribution is 5.85. The first-order valence-electron chi connectivity index (χ1n) is 13.2. The molecule has 0 atom stereocenters. The Morgan fingerprint density at radius 2 is 1.82 bits per heavy atom. The van der Waals surface area contributed by atoms with Gasteiger partial charge in [-0.15, -0.1) is 0 Å². The molecule has 0 unspecified atom stereocenters. The van der Waals surface area contributed by atoms with E-state index in [0.29, 0.717) is 30.2 Å². The Bertz CT molecular complexity index is 1310. The first kappa shape index (κ1) is 27.4. The lowest BCUT2D eigenvalue weighted by atomic mass is 9.79. The summed E-state index contributed by atoms with van der Waals surface area (Å²) in [6.07, 6.45) is 10.5. The van der Waals surface area contributed by atoms with Crippen LogP contribution in [0, 0.1) is 11.2 Å². The van der Waals surface area contributed by atoms with E-state index in [2.05, 4.69) is 31.0 Å². The third-order valence-electron chi connectivity index (χ3n) is 6.84. The highest BCUT2D eigenvalue weighted by Gasteiger charge is 2.30. The quantitative estimate of drug-likeness (QED) is 0.313. The summed E-state index contributed by atoms with van der Waals surface area (Å²) in [6.45, 7) is 4.77. The number of aryl methyl sites for hydroxylation is 1. The van der Waals surface area contributed by atoms with Gasteiger partial charge >= 0.3 is 5.97 Å². The van der Waals surface area contributed by atoms with E-state index in [1.807, 2.05) is 36.4 Å². The predicted octanol–water partition coefficient (Wildman–Crippen LogP) is 7.87. The fraction of sp³-hybridized carbons (Fsp3) is 0.375. The molecule has 0 spiro atoms. The lowest BCUT2D eigenvalue weighted by molar-refractivity contribution is -0.136. The van der Waals surface area contributed by atoms with E-state index in [0.717, 1.165) is 35.1 Å². The van der Waals surface area contributed by atoms with Crippen molar-refractivity contribution in [1.29, 1.82) is 0 Å². The zero-order chi connectivity index (χ0) is 27.1. The zero-order valence-corrected chi connectivity index (χ0v) is 22.4. The molecule has 1 heterocycles. The molecule has 1 saturated carbocycles. The van der Waals surface area contributed by atoms with Gasteiger partial charge in [0.15, 0.2) is 0 Å². The molecule has 6 heteroatoms. The summed E-state index contributed by atoms with van der Waals surface area (Å²) in [5.41, 5.74) is 5.28. The maximum Gasteiger partial charge on any atom is 0.303 e. The van der Waals surface area contributed by atoms with Crippen LogP contribution in [-0.2, 0) is 17.8 Å². The molecule has 0 amide bonds. The number of pyridine rings is 1. The van der Waals surface area contributed by atoms with E-state index in [1.165, 1.54) is 38.1 Å². The molecule has 1 N–H and O–H groups in total. The largest absolute Gasteiger partial charge is 0.489 e. The topological polar surface area (TPSA) is 68.7 Å². The summed E-state index contributed by atoms with van der Waals surface area (Å²) in [5, 5.41) is 8.93. The third kappa shape index (κ3) is 7.21. The average Bonchev–Trinajstić information content (AvgIpc) is 3.75. The Labute approximate surface area is 224 Å². The molecule has 5 nitrogen and oxygen atoms in total. The monoisotopic (exact) mass is 517 g/mol. The number of halogens is 1. The molecule has 0 bridgehead atoms. The summed E-state index contributed by atoms with van der Waals surface area (Å²) >= 11 is 0. The van der Waals surface area contributed by atoms with Crippen molar-refractivity contribution in [2.45, 2.75) is 65.4 Å². The Morgan fingerprint density at radius 1 is 1.03 bits per heavy atom. The fourth-order valence-electron chi connectivity index (χ4n) is 4.55. The number of hydrogen-bond donors (Lipinski definition) is 1. The van der Waals surface area contributed by atoms with Crippen LogP contribution in [0.4, 0.5) is 4.39 Å². The van der Waals surface area contributed by atoms with Gasteiger partial charge in [-0.2, -0.15) is 0 Å². The van der Waals surface area contributed by atoms with Crippen molar-refractivity contribution in [2.75, 3.05) is 7.11 Å². The van der Waals surface area contributed by atoms with Crippen LogP contribution in [-0.4, -0.2) is 23.2 Å². The Kier molecular flexibility index (Phi) is 8.82. The number of carbonyl (C=O) groups is 1. The summed E-state index contributed by atoms with van der Waals surface area (Å²) in [5.74, 6) is -0.173. The van der Waals surface area contributed by atoms with Crippen molar-refractivity contribution < 1.29 is 23.8 Å². The van der Waals surface area contributed by atoms with E-state index < -0.39 is 11.8 Å². The number of nitrogens with zero attached hydrogens (tertiary/aromatic N) is 1. The molecule has 2 aliphatic rings. The Morgan fingerprint density at radius 3 is 2.47 bits per heavy atom. The maximum atomic E-state index is 14.9. The van der Waals surface area contributed by atoms with E-state index in [4.69, 9.17) is 14.6 Å². The van der Waals surface area contributed by atoms with Crippen molar-refractivity contribution in [3.8, 4) is 22.8 Å². The number of aliphatic carboxylic acids is 1. The van der Waals surface area contributed by atoms with Gasteiger partial charge < -0.3 is 14.6 Å². The Balaban J connectivity index is 0.00000105. The van der Waals surface area contributed by atoms with E-state index in [1.54, 1.807) is 6.07 Å². The van der Waals surface area contributed by atoms with Crippen LogP contribution in [0.3, 0.4) is 0 Å². The lowest BCUT2D eigenvalue weighted by Gasteiger charge is -2.25. The maximum absolute atomic E-state index is 14.9. The van der Waals surface area contributed by atoms with Crippen LogP contribution in [0.1, 0.15) is 69.1 Å². The minimum absolute atomic E-state index is 0.0275. The summed E-state index contributed by atoms with van der Waals surface area (Å²) in [6, 6.07) is 15.1. The first-order valence-corrected chi connectivity index (χ1v) is 13.2. The second-order valence-corrected chi connectivity index (χ2v) is 10.5. The summed E-state index contributed by atoms with van der Waals surface area (Å²) < 4.78 is 26.2. The van der Waals surface area contributed by atoms with Gasteiger partial charge in [-0.1, -0.05) is 63.5 Å². The van der Waals surface area contributed by atoms with Crippen LogP contribution in [0.2, 0.25) is 0 Å². The van der Waals surface area contributed by atoms with E-state index >= 15 is 0 Å². The van der Waals surface area contributed by atoms with E-state index in [9.17, 15) is 9.18 Å². The van der Waals surface area contributed by atoms with Crippen LogP contribution in [0.5, 0.6) is 11.6 Å². The van der Waals surface area contributed by atoms with Gasteiger partial charge in [0.1, 0.15) is 18.2 Å². The van der Waals surface area contributed by atoms with Crippen LogP contribution >= 0.6 is 0 Å². The highest BCUT2D eigenvalue weighted by Crippen LogP contribution is 2.47. The molecule has 0 saturated heterocycles. The molecule has 1 aromatic heterocycles. The van der Waals surface area contributed by atoms with Crippen LogP contribution in [0.25, 0.3) is 16.7 Å². The number of ether oxygens (including phenoxy) is 2. The molecule has 3 aromatic rings. The Hall–Kier alpha value is -3.67. The number of carboxylic acids is 1. The SMILES string of the molecule is C1CC1.COc1cc(-c2ccc(COc3cccc(CCC(=O)O)c3)cc2C2=CCCC2(C)C)c(F)cn1. The van der Waals surface area contributed by atoms with Gasteiger partial charge in [-0.05, 0) is 70.7 Å². The van der Waals surface area contributed by atoms with Crippen LogP contribution in [0.15, 0.2) is 60.8 Å². The van der Waals surface area contributed by atoms with Gasteiger partial charge in [-0.25, -0.2) is 9.37 Å². The van der Waals surface area contributed by atoms with Gasteiger partial charge in [-0.3, -0.25) is 4.79 Å². The zero-order valence-electron chi connectivity index (χ0n) is 22.4. The molecular formula is C32H36FNO4. The first-order chi connectivity index (χ1) is 18.3. The normalized spacial score (nSPS) is 15.2. The lowest BCUT2D eigenvalue weighted by Crippen LogP contribution is -2.10. The number of hydrogen-bond acceptors (Lipinski definition) is 4. The smallest absolute Gasteiger partial charge is 0.303 e. The van der Waals surface area contributed by atoms with Gasteiger partial charge in [0.25, 0.3) is 0 Å². The molecule has 0 radical (unpaired) electrons. The number of methoxy groups -OCH3 is 1. The van der Waals surface area contributed by atoms with Crippen molar-refractivity contribution in [3.63, 3.8) is 0 Å². The third-order valence-corrected chi connectivity index (χ3v) is 6.84. The summed E-state index contributed by atoms with van der Waals surface area (Å²) in [7, 11) is 1.52. The van der Waals surface area contributed by atoms with E-state index in [-0.39, 0.29) is 11.8 Å². The highest BCUT2D eigenvalue weighted by atomic mass is 19.1. The summed E-state index contributed by atoms with van der Waals surface area (Å²) in [4.78, 5) is 14.9. The van der Waals surface area contributed by atoms with Crippen molar-refractivity contribution >= 4 is 11.5 Å². The number of rotatable bonds is 9. The number of aromatic nitrogens is 1. The molecule has 2 aliphatic carbocycles. The molecule has 200 valence electrons. The molecular weight excluding hydrogens is 481 g/mol. The minimum Gasteiger partial charge on any atom is -0.489 e. The number of allylic oxidation sites excluding steroid dienone is 2. The fourth-order valence-corrected chi connectivity index (χ4v) is 4.55. The number of carboxylic acid groups (broad SMARTS) is 1. The van der Waals surface area contributed by atoms with Gasteiger partial charge in [0, 0.05) is 18.1 Å². The molecule has 0 aliphatic heterocycles. The number of benzene rings is 2. The van der Waals surface area contributed by atoms with Crippen molar-refractivity contribution in [3.05, 3.63) is 83.3 Å². The van der Waals surface area contributed by atoms with Crippen molar-refractivity contribution in [1.82, 2.24) is 4.98 Å². The van der Waals surface area contributed by atoms with Gasteiger partial charge in [0.05, 0.1) is 13.3 Å². The average molecular weight is 518 g/mol. The van der Waals surface area contributed by atoms with Crippen molar-refractivity contribution in [2.24, 2.45) is 5.41 Å². The van der Waals surface area contributed by atoms with Gasteiger partial charge in [0.2, 0.25) is 5.88 Å². The van der Waals surface area contributed by atoms with Crippen LogP contribution < -0.4 is 9.47 Å². The second-order valence-electron chi connectivity index (χ2n) is 10.5. The molecule has 5 rings (SSSR count). The predicted molar refractivity (Wildman–Crippen MR) is 148 cm³/mol.